The highest BCUT2D eigenvalue weighted by Gasteiger charge is 2.07. The topological polar surface area (TPSA) is 86.8 Å². The van der Waals surface area contributed by atoms with Crippen LogP contribution in [0.25, 0.3) is 0 Å². The maximum atomic E-state index is 10.6. The highest BCUT2D eigenvalue weighted by atomic mass is 32.2. The average molecular weight is 334 g/mol. The molecule has 0 aliphatic heterocycles. The van der Waals surface area contributed by atoms with Gasteiger partial charge in [0.05, 0.1) is 18.1 Å². The molecule has 0 fully saturated rings. The van der Waals surface area contributed by atoms with Crippen molar-refractivity contribution in [1.82, 2.24) is 0 Å². The van der Waals surface area contributed by atoms with E-state index in [2.05, 4.69) is 0 Å². The SMILES string of the molecule is O=[N+]([O-])c1ccc(Sc2ccc(N(CCO)CCO)cc2)cc1. The van der Waals surface area contributed by atoms with Crippen molar-refractivity contribution in [1.29, 1.82) is 0 Å². The van der Waals surface area contributed by atoms with Crippen LogP contribution in [0.5, 0.6) is 0 Å². The predicted octanol–water partition coefficient (Wildman–Crippen LogP) is 2.54. The fourth-order valence-electron chi connectivity index (χ4n) is 2.11. The van der Waals surface area contributed by atoms with E-state index < -0.39 is 4.92 Å². The second kappa shape index (κ2) is 8.52. The van der Waals surface area contributed by atoms with E-state index >= 15 is 0 Å². The summed E-state index contributed by atoms with van der Waals surface area (Å²) >= 11 is 1.52. The predicted molar refractivity (Wildman–Crippen MR) is 90.0 cm³/mol. The molecule has 0 saturated carbocycles. The largest absolute Gasteiger partial charge is 0.395 e. The van der Waals surface area contributed by atoms with Crippen molar-refractivity contribution in [2.75, 3.05) is 31.2 Å². The summed E-state index contributed by atoms with van der Waals surface area (Å²) in [5, 5.41) is 28.8. The molecular weight excluding hydrogens is 316 g/mol. The molecule has 2 N–H and O–H groups in total. The normalized spacial score (nSPS) is 10.5. The minimum absolute atomic E-state index is 0.0271. The summed E-state index contributed by atoms with van der Waals surface area (Å²) in [7, 11) is 0. The van der Waals surface area contributed by atoms with Gasteiger partial charge in [0.1, 0.15) is 0 Å². The summed E-state index contributed by atoms with van der Waals surface area (Å²) in [5.41, 5.74) is 1.01. The number of rotatable bonds is 8. The van der Waals surface area contributed by atoms with Crippen molar-refractivity contribution < 1.29 is 15.1 Å². The van der Waals surface area contributed by atoms with E-state index in [0.717, 1.165) is 15.5 Å². The lowest BCUT2D eigenvalue weighted by Crippen LogP contribution is -2.29. The quantitative estimate of drug-likeness (QED) is 0.570. The molecular formula is C16H18N2O4S. The number of hydrogen-bond acceptors (Lipinski definition) is 6. The van der Waals surface area contributed by atoms with Crippen LogP contribution in [0, 0.1) is 10.1 Å². The molecule has 0 radical (unpaired) electrons. The first kappa shape index (κ1) is 17.3. The number of hydrogen-bond donors (Lipinski definition) is 2. The zero-order valence-corrected chi connectivity index (χ0v) is 13.3. The minimum Gasteiger partial charge on any atom is -0.395 e. The van der Waals surface area contributed by atoms with Crippen molar-refractivity contribution in [2.45, 2.75) is 9.79 Å². The fraction of sp³-hybridized carbons (Fsp3) is 0.250. The third-order valence-electron chi connectivity index (χ3n) is 3.22. The number of aliphatic hydroxyl groups excluding tert-OH is 2. The number of nitro benzene ring substituents is 1. The molecule has 0 aliphatic carbocycles. The number of nitro groups is 1. The molecule has 23 heavy (non-hydrogen) atoms. The van der Waals surface area contributed by atoms with Crippen molar-refractivity contribution in [3.8, 4) is 0 Å². The van der Waals surface area contributed by atoms with E-state index in [0.29, 0.717) is 13.1 Å². The Kier molecular flexibility index (Phi) is 6.40. The number of aliphatic hydroxyl groups is 2. The highest BCUT2D eigenvalue weighted by molar-refractivity contribution is 7.99. The molecule has 0 bridgehead atoms. The third-order valence-corrected chi connectivity index (χ3v) is 4.24. The molecule has 0 heterocycles. The number of benzene rings is 2. The van der Waals surface area contributed by atoms with Crippen LogP contribution >= 0.6 is 11.8 Å². The number of nitrogens with zero attached hydrogens (tertiary/aromatic N) is 2. The monoisotopic (exact) mass is 334 g/mol. The molecule has 6 nitrogen and oxygen atoms in total. The van der Waals surface area contributed by atoms with Gasteiger partial charge in [0.15, 0.2) is 0 Å². The third kappa shape index (κ3) is 4.95. The van der Waals surface area contributed by atoms with Gasteiger partial charge in [-0.05, 0) is 36.4 Å². The smallest absolute Gasteiger partial charge is 0.269 e. The van der Waals surface area contributed by atoms with Gasteiger partial charge in [-0.25, -0.2) is 0 Å². The van der Waals surface area contributed by atoms with E-state index in [1.54, 1.807) is 12.1 Å². The second-order valence-electron chi connectivity index (χ2n) is 4.78. The summed E-state index contributed by atoms with van der Waals surface area (Å²) in [5.74, 6) is 0. The van der Waals surface area contributed by atoms with Crippen LogP contribution in [-0.2, 0) is 0 Å². The Bertz CT molecular complexity index is 626. The van der Waals surface area contributed by atoms with E-state index in [-0.39, 0.29) is 18.9 Å². The molecule has 0 unspecified atom stereocenters. The summed E-state index contributed by atoms with van der Waals surface area (Å²) in [6.07, 6.45) is 0. The Morgan fingerprint density at radius 2 is 1.39 bits per heavy atom. The van der Waals surface area contributed by atoms with Gasteiger partial charge < -0.3 is 15.1 Å². The maximum absolute atomic E-state index is 10.6. The average Bonchev–Trinajstić information content (AvgIpc) is 2.56. The molecule has 2 aromatic carbocycles. The van der Waals surface area contributed by atoms with E-state index in [1.807, 2.05) is 29.2 Å². The van der Waals surface area contributed by atoms with Gasteiger partial charge in [0.25, 0.3) is 5.69 Å². The van der Waals surface area contributed by atoms with E-state index in [4.69, 9.17) is 10.2 Å². The Morgan fingerprint density at radius 1 is 0.913 bits per heavy atom. The van der Waals surface area contributed by atoms with Gasteiger partial charge in [0.2, 0.25) is 0 Å². The molecule has 0 aliphatic rings. The van der Waals surface area contributed by atoms with Gasteiger partial charge in [-0.15, -0.1) is 0 Å². The summed E-state index contributed by atoms with van der Waals surface area (Å²) in [6.45, 7) is 0.989. The molecule has 0 amide bonds. The van der Waals surface area contributed by atoms with E-state index in [9.17, 15) is 10.1 Å². The van der Waals surface area contributed by atoms with Crippen LogP contribution in [0.4, 0.5) is 11.4 Å². The zero-order chi connectivity index (χ0) is 16.7. The lowest BCUT2D eigenvalue weighted by molar-refractivity contribution is -0.384. The molecule has 0 spiro atoms. The lowest BCUT2D eigenvalue weighted by Gasteiger charge is -2.23. The van der Waals surface area contributed by atoms with Crippen molar-refractivity contribution in [3.05, 3.63) is 58.6 Å². The van der Waals surface area contributed by atoms with Crippen molar-refractivity contribution in [2.24, 2.45) is 0 Å². The van der Waals surface area contributed by atoms with Crippen LogP contribution in [0.1, 0.15) is 0 Å². The Labute approximate surface area is 138 Å². The van der Waals surface area contributed by atoms with E-state index in [1.165, 1.54) is 23.9 Å². The second-order valence-corrected chi connectivity index (χ2v) is 5.93. The minimum atomic E-state index is -0.417. The Balaban J connectivity index is 2.05. The number of non-ortho nitro benzene ring substituents is 1. The first-order valence-corrected chi connectivity index (χ1v) is 7.94. The van der Waals surface area contributed by atoms with Gasteiger partial charge in [-0.3, -0.25) is 10.1 Å². The maximum Gasteiger partial charge on any atom is 0.269 e. The molecule has 0 atom stereocenters. The summed E-state index contributed by atoms with van der Waals surface area (Å²) < 4.78 is 0. The van der Waals surface area contributed by atoms with Gasteiger partial charge in [-0.2, -0.15) is 0 Å². The van der Waals surface area contributed by atoms with Crippen LogP contribution < -0.4 is 4.90 Å². The molecule has 0 aromatic heterocycles. The highest BCUT2D eigenvalue weighted by Crippen LogP contribution is 2.30. The van der Waals surface area contributed by atoms with Gasteiger partial charge >= 0.3 is 0 Å². The summed E-state index contributed by atoms with van der Waals surface area (Å²) in [6, 6.07) is 14.2. The standard InChI is InChI=1S/C16H18N2O4S/c19-11-9-17(10-12-20)13-1-5-15(6-2-13)23-16-7-3-14(4-8-16)18(21)22/h1-8,19-20H,9-12H2. The first-order valence-electron chi connectivity index (χ1n) is 7.13. The molecule has 2 rings (SSSR count). The molecule has 2 aromatic rings. The first-order chi connectivity index (χ1) is 11.1. The lowest BCUT2D eigenvalue weighted by atomic mass is 10.3. The van der Waals surface area contributed by atoms with Gasteiger partial charge in [0, 0.05) is 40.7 Å². The van der Waals surface area contributed by atoms with Gasteiger partial charge in [-0.1, -0.05) is 11.8 Å². The summed E-state index contributed by atoms with van der Waals surface area (Å²) in [4.78, 5) is 14.1. The Morgan fingerprint density at radius 3 is 1.83 bits per heavy atom. The van der Waals surface area contributed by atoms with Crippen LogP contribution in [-0.4, -0.2) is 41.4 Å². The van der Waals surface area contributed by atoms with Crippen molar-refractivity contribution in [3.63, 3.8) is 0 Å². The molecule has 7 heteroatoms. The molecule has 122 valence electrons. The van der Waals surface area contributed by atoms with Crippen LogP contribution in [0.3, 0.4) is 0 Å². The Hall–Kier alpha value is -2.09. The zero-order valence-electron chi connectivity index (χ0n) is 12.5. The number of anilines is 1. The van der Waals surface area contributed by atoms with Crippen LogP contribution in [0.2, 0.25) is 0 Å². The van der Waals surface area contributed by atoms with Crippen molar-refractivity contribution >= 4 is 23.1 Å². The molecule has 0 saturated heterocycles. The van der Waals surface area contributed by atoms with Crippen LogP contribution in [0.15, 0.2) is 58.3 Å². The fourth-order valence-corrected chi connectivity index (χ4v) is 2.92.